The van der Waals surface area contributed by atoms with Crippen LogP contribution in [-0.4, -0.2) is 34.6 Å². The number of aliphatic imine (C=N–C) groups is 2. The molecule has 0 spiro atoms. The Labute approximate surface area is 473 Å². The topological polar surface area (TPSA) is 63.4 Å². The predicted molar refractivity (Wildman–Crippen MR) is 330 cm³/mol. The number of hydrogen-bond acceptors (Lipinski definition) is 7. The zero-order valence-corrected chi connectivity index (χ0v) is 46.2. The maximum atomic E-state index is 7.12. The zero-order chi connectivity index (χ0) is 53.2. The Balaban J connectivity index is 0.732. The van der Waals surface area contributed by atoms with E-state index in [1.807, 2.05) is 30.0 Å². The van der Waals surface area contributed by atoms with Crippen LogP contribution in [0.25, 0.3) is 49.7 Å². The third kappa shape index (κ3) is 9.08. The molecule has 0 amide bonds. The molecule has 1 aromatic heterocycles. The molecule has 14 rings (SSSR count). The molecule has 79 heavy (non-hydrogen) atoms. The number of aromatic nitrogens is 1. The highest BCUT2D eigenvalue weighted by Crippen LogP contribution is 2.52. The summed E-state index contributed by atoms with van der Waals surface area (Å²) in [6, 6.07) is 86.3. The molecule has 1 N–H and O–H groups in total. The Morgan fingerprint density at radius 2 is 1.19 bits per heavy atom. The molecule has 1 saturated heterocycles. The third-order valence-electron chi connectivity index (χ3n) is 15.9. The molecule has 0 saturated carbocycles. The van der Waals surface area contributed by atoms with Gasteiger partial charge in [0.15, 0.2) is 5.84 Å². The fourth-order valence-electron chi connectivity index (χ4n) is 11.5. The minimum absolute atomic E-state index is 0.403. The molecule has 0 aliphatic carbocycles. The molecular formula is C69H53BBrN5O2S. The quantitative estimate of drug-likeness (QED) is 0.138. The minimum atomic E-state index is -0.669. The van der Waals surface area contributed by atoms with Crippen LogP contribution in [0.3, 0.4) is 0 Å². The molecule has 3 aliphatic rings. The lowest BCUT2D eigenvalue weighted by Crippen LogP contribution is -2.46. The van der Waals surface area contributed by atoms with Gasteiger partial charge in [-0.25, -0.2) is 9.98 Å². The highest BCUT2D eigenvalue weighted by Gasteiger charge is 2.54. The van der Waals surface area contributed by atoms with Gasteiger partial charge in [-0.1, -0.05) is 198 Å². The van der Waals surface area contributed by atoms with Gasteiger partial charge in [-0.15, -0.1) is 0 Å². The molecule has 2 atom stereocenters. The first-order chi connectivity index (χ1) is 38.6. The average Bonchev–Trinajstić information content (AvgIpc) is 4.03. The summed E-state index contributed by atoms with van der Waals surface area (Å²) in [4.78, 5) is 15.3. The maximum Gasteiger partial charge on any atom is 0.494 e. The van der Waals surface area contributed by atoms with E-state index in [0.29, 0.717) is 12.3 Å². The lowest BCUT2D eigenvalue weighted by molar-refractivity contribution is -0.00878. The first-order valence-corrected chi connectivity index (χ1v) is 28.4. The summed E-state index contributed by atoms with van der Waals surface area (Å²) in [5.41, 5.74) is 15.2. The molecular weight excluding hydrogens is 1050 g/mol. The fourth-order valence-corrected chi connectivity index (χ4v) is 12.9. The molecule has 1 fully saturated rings. The monoisotopic (exact) mass is 1110 g/mol. The van der Waals surface area contributed by atoms with E-state index in [1.165, 1.54) is 37.4 Å². The summed E-state index contributed by atoms with van der Waals surface area (Å²) < 4.78 is 17.4. The van der Waals surface area contributed by atoms with Crippen molar-refractivity contribution in [3.8, 4) is 27.9 Å². The second kappa shape index (κ2) is 19.9. The van der Waals surface area contributed by atoms with Crippen LogP contribution in [-0.2, 0) is 15.7 Å². The lowest BCUT2D eigenvalue weighted by Gasteiger charge is -2.36. The normalized spacial score (nSPS) is 17.5. The average molecular weight is 1110 g/mol. The Hall–Kier alpha value is -8.25. The molecule has 4 heterocycles. The number of nitrogens with one attached hydrogen (secondary N) is 1. The number of fused-ring (bicyclic) bond motifs is 5. The first kappa shape index (κ1) is 49.1. The smallest absolute Gasteiger partial charge is 0.399 e. The Morgan fingerprint density at radius 3 is 2.04 bits per heavy atom. The van der Waals surface area contributed by atoms with Crippen LogP contribution >= 0.6 is 27.7 Å². The van der Waals surface area contributed by atoms with E-state index in [0.717, 1.165) is 77.2 Å². The highest BCUT2D eigenvalue weighted by molar-refractivity contribution is 9.10. The summed E-state index contributed by atoms with van der Waals surface area (Å²) in [6.45, 7) is 6.48. The van der Waals surface area contributed by atoms with Crippen LogP contribution in [0.2, 0.25) is 0 Å². The van der Waals surface area contributed by atoms with Crippen molar-refractivity contribution < 1.29 is 9.31 Å². The molecule has 0 bridgehead atoms. The van der Waals surface area contributed by atoms with E-state index in [9.17, 15) is 0 Å². The summed E-state index contributed by atoms with van der Waals surface area (Å²) in [6.07, 6.45) is 0.220. The number of anilines is 3. The molecule has 0 radical (unpaired) electrons. The van der Waals surface area contributed by atoms with Gasteiger partial charge in [0.2, 0.25) is 0 Å². The van der Waals surface area contributed by atoms with Crippen LogP contribution in [0.4, 0.5) is 17.1 Å². The minimum Gasteiger partial charge on any atom is -0.399 e. The van der Waals surface area contributed by atoms with E-state index in [4.69, 9.17) is 19.3 Å². The number of nitrogens with zero attached hydrogens (tertiary/aromatic N) is 4. The molecule has 7 nitrogen and oxygen atoms in total. The van der Waals surface area contributed by atoms with E-state index >= 15 is 0 Å². The molecule has 382 valence electrons. The van der Waals surface area contributed by atoms with Crippen molar-refractivity contribution in [1.29, 1.82) is 0 Å². The first-order valence-electron chi connectivity index (χ1n) is 26.8. The van der Waals surface area contributed by atoms with Crippen molar-refractivity contribution in [3.63, 3.8) is 0 Å². The molecule has 3 aliphatic heterocycles. The van der Waals surface area contributed by atoms with Crippen LogP contribution in [0.1, 0.15) is 49.2 Å². The number of hydrogen-bond donors (Lipinski definition) is 1. The lowest BCUT2D eigenvalue weighted by atomic mass is 9.78. The van der Waals surface area contributed by atoms with Crippen molar-refractivity contribution in [2.45, 2.75) is 54.4 Å². The molecule has 2 unspecified atom stereocenters. The van der Waals surface area contributed by atoms with E-state index in [1.54, 1.807) is 0 Å². The van der Waals surface area contributed by atoms with Crippen molar-refractivity contribution in [3.05, 3.63) is 269 Å². The van der Waals surface area contributed by atoms with Crippen molar-refractivity contribution in [2.75, 3.05) is 4.90 Å². The van der Waals surface area contributed by atoms with Gasteiger partial charge in [-0.3, -0.25) is 0 Å². The summed E-state index contributed by atoms with van der Waals surface area (Å²) >= 11 is 5.53. The maximum absolute atomic E-state index is 7.12. The highest BCUT2D eigenvalue weighted by atomic mass is 79.9. The number of amidine groups is 2. The van der Waals surface area contributed by atoms with Gasteiger partial charge in [0.25, 0.3) is 0 Å². The number of rotatable bonds is 10. The second-order valence-corrected chi connectivity index (χ2v) is 23.2. The van der Waals surface area contributed by atoms with Gasteiger partial charge >= 0.3 is 7.12 Å². The Kier molecular flexibility index (Phi) is 12.4. The fraction of sp³-hybridized carbons (Fsp3) is 0.101. The molecule has 11 aromatic rings. The standard InChI is InChI=1S/C69H53BBrN5O2S/c1-68(2)69(3,78-70(77-68)53-27-15-23-48(39-53)50-34-36-62-64(42-50)79-63-33-13-12-32-61(63)76(62)55-28-16-24-49(40-55)46-19-6-4-7-20-46)44-45-18-14-25-51(38-45)66-72-65(47-21-8-5-9-22-47)73-67(74-66)52-26-17-29-56(41-52)75-59-31-11-10-30-57(59)58-43-54(71)35-37-60(58)75/h4-43,66H,44H2,1-3H3,(H,72,73,74). The van der Waals surface area contributed by atoms with E-state index in [2.05, 4.69) is 276 Å². The van der Waals surface area contributed by atoms with Gasteiger partial charge in [0.05, 0.1) is 33.6 Å². The van der Waals surface area contributed by atoms with Gasteiger partial charge < -0.3 is 24.1 Å². The van der Waals surface area contributed by atoms with Crippen LogP contribution in [0.15, 0.2) is 267 Å². The van der Waals surface area contributed by atoms with Gasteiger partial charge in [0, 0.05) is 54.0 Å². The van der Waals surface area contributed by atoms with Gasteiger partial charge in [-0.2, -0.15) is 0 Å². The Bertz CT molecular complexity index is 4240. The largest absolute Gasteiger partial charge is 0.494 e. The number of halogens is 1. The number of para-hydroxylation sites is 2. The van der Waals surface area contributed by atoms with Crippen molar-refractivity contribution in [2.24, 2.45) is 9.98 Å². The van der Waals surface area contributed by atoms with Crippen molar-refractivity contribution >= 4 is 90.8 Å². The van der Waals surface area contributed by atoms with Gasteiger partial charge in [-0.05, 0) is 132 Å². The Morgan fingerprint density at radius 1 is 0.532 bits per heavy atom. The van der Waals surface area contributed by atoms with Crippen LogP contribution in [0.5, 0.6) is 0 Å². The molecule has 10 aromatic carbocycles. The van der Waals surface area contributed by atoms with E-state index < -0.39 is 24.5 Å². The third-order valence-corrected chi connectivity index (χ3v) is 17.5. The van der Waals surface area contributed by atoms with E-state index in [-0.39, 0.29) is 0 Å². The van der Waals surface area contributed by atoms with Crippen LogP contribution in [0, 0.1) is 0 Å². The summed E-state index contributed by atoms with van der Waals surface area (Å²) in [5.74, 6) is 1.43. The SMILES string of the molecule is CC1(C)OB(c2cccc(-c3ccc4c(c3)Sc3ccccc3N4c3cccc(-c4ccccc4)c3)c2)OC1(C)Cc1cccc(C2N=C(c3ccccc3)N=C(c3cccc(-n4c5ccccc5c5cc(Br)ccc54)c3)N2)c1. The predicted octanol–water partition coefficient (Wildman–Crippen LogP) is 16.8. The molecule has 10 heteroatoms. The van der Waals surface area contributed by atoms with Gasteiger partial charge in [0.1, 0.15) is 12.0 Å². The summed E-state index contributed by atoms with van der Waals surface area (Å²) in [7, 11) is -0.564. The summed E-state index contributed by atoms with van der Waals surface area (Å²) in [5, 5.41) is 6.16. The zero-order valence-electron chi connectivity index (χ0n) is 43.8. The van der Waals surface area contributed by atoms with Crippen molar-refractivity contribution in [1.82, 2.24) is 9.88 Å². The number of benzene rings is 10. The van der Waals surface area contributed by atoms with Crippen LogP contribution < -0.4 is 15.7 Å². The second-order valence-electron chi connectivity index (χ2n) is 21.3.